The van der Waals surface area contributed by atoms with E-state index in [1.54, 1.807) is 19.2 Å². The van der Waals surface area contributed by atoms with Crippen LogP contribution >= 0.6 is 0 Å². The Balaban J connectivity index is 1.76. The van der Waals surface area contributed by atoms with E-state index in [4.69, 9.17) is 10.00 Å². The number of halogens is 3. The molecule has 0 amide bonds. The Hall–Kier alpha value is -3.08. The minimum atomic E-state index is -4.36. The molecule has 0 fully saturated rings. The van der Waals surface area contributed by atoms with Crippen molar-refractivity contribution >= 4 is 0 Å². The first-order valence-corrected chi connectivity index (χ1v) is 9.89. The molecule has 31 heavy (non-hydrogen) atoms. The molecule has 0 atom stereocenters. The Labute approximate surface area is 180 Å². The van der Waals surface area contributed by atoms with Crippen molar-refractivity contribution in [1.29, 1.82) is 5.26 Å². The van der Waals surface area contributed by atoms with Gasteiger partial charge in [-0.25, -0.2) is 0 Å². The fraction of sp³-hybridized carbons (Fsp3) is 0.292. The Morgan fingerprint density at radius 3 is 2.52 bits per heavy atom. The second-order valence-corrected chi connectivity index (χ2v) is 7.34. The summed E-state index contributed by atoms with van der Waals surface area (Å²) in [6.45, 7) is 2.82. The fourth-order valence-electron chi connectivity index (χ4n) is 3.45. The molecule has 3 aromatic rings. The van der Waals surface area contributed by atoms with Gasteiger partial charge in [0.1, 0.15) is 0 Å². The molecule has 162 valence electrons. The van der Waals surface area contributed by atoms with E-state index < -0.39 is 11.7 Å². The van der Waals surface area contributed by atoms with Gasteiger partial charge in [0.2, 0.25) is 0 Å². The highest BCUT2D eigenvalue weighted by Gasteiger charge is 2.30. The van der Waals surface area contributed by atoms with Gasteiger partial charge in [0.15, 0.2) is 0 Å². The molecular formula is C24H24F3N3O. The zero-order valence-corrected chi connectivity index (χ0v) is 17.3. The monoisotopic (exact) mass is 427 g/mol. The van der Waals surface area contributed by atoms with E-state index in [0.29, 0.717) is 43.9 Å². The van der Waals surface area contributed by atoms with Crippen molar-refractivity contribution < 1.29 is 17.9 Å². The van der Waals surface area contributed by atoms with Gasteiger partial charge in [0, 0.05) is 45.2 Å². The maximum atomic E-state index is 13.0. The summed E-state index contributed by atoms with van der Waals surface area (Å²) in [5.74, 6) is 0. The summed E-state index contributed by atoms with van der Waals surface area (Å²) in [5.41, 5.74) is 2.57. The summed E-state index contributed by atoms with van der Waals surface area (Å²) in [6.07, 6.45) is -2.48. The van der Waals surface area contributed by atoms with Crippen molar-refractivity contribution in [2.75, 3.05) is 20.3 Å². The maximum Gasteiger partial charge on any atom is 0.416 e. The highest BCUT2D eigenvalue weighted by molar-refractivity contribution is 5.32. The Bertz CT molecular complexity index is 1040. The molecule has 0 bridgehead atoms. The van der Waals surface area contributed by atoms with E-state index in [0.717, 1.165) is 17.3 Å². The summed E-state index contributed by atoms with van der Waals surface area (Å²) in [6, 6.07) is 18.9. The zero-order chi connectivity index (χ0) is 22.3. The third kappa shape index (κ3) is 6.45. The van der Waals surface area contributed by atoms with Crippen LogP contribution in [-0.2, 0) is 30.5 Å². The maximum absolute atomic E-state index is 13.0. The van der Waals surface area contributed by atoms with Crippen molar-refractivity contribution in [3.8, 4) is 6.07 Å². The molecule has 0 aliphatic heterocycles. The van der Waals surface area contributed by atoms with E-state index in [1.807, 2.05) is 41.1 Å². The van der Waals surface area contributed by atoms with E-state index in [1.165, 1.54) is 12.1 Å². The molecule has 0 saturated heterocycles. The van der Waals surface area contributed by atoms with Gasteiger partial charge in [0.05, 0.1) is 23.8 Å². The molecule has 0 N–H and O–H groups in total. The summed E-state index contributed by atoms with van der Waals surface area (Å²) in [5, 5.41) is 9.13. The molecule has 1 heterocycles. The first kappa shape index (κ1) is 22.6. The largest absolute Gasteiger partial charge is 0.416 e. The van der Waals surface area contributed by atoms with E-state index >= 15 is 0 Å². The topological polar surface area (TPSA) is 41.2 Å². The normalized spacial score (nSPS) is 11.6. The van der Waals surface area contributed by atoms with Crippen molar-refractivity contribution in [3.63, 3.8) is 0 Å². The summed E-state index contributed by atoms with van der Waals surface area (Å²) < 4.78 is 46.3. The van der Waals surface area contributed by atoms with Gasteiger partial charge in [-0.2, -0.15) is 18.4 Å². The van der Waals surface area contributed by atoms with Gasteiger partial charge in [-0.05, 0) is 47.5 Å². The second-order valence-electron chi connectivity index (χ2n) is 7.34. The van der Waals surface area contributed by atoms with Gasteiger partial charge in [-0.15, -0.1) is 0 Å². The number of hydrogen-bond donors (Lipinski definition) is 0. The molecule has 4 nitrogen and oxygen atoms in total. The van der Waals surface area contributed by atoms with Crippen LogP contribution in [0.25, 0.3) is 0 Å². The standard InChI is InChI=1S/C24H24F3N3O/c1-31-12-11-29(16-20-6-2-5-19(13-20)15-28)18-23-9-4-10-30(23)17-21-7-3-8-22(14-21)24(25,26)27/h2-10,13-14H,11-12,16-18H2,1H3. The number of nitrogens with zero attached hydrogens (tertiary/aromatic N) is 3. The van der Waals surface area contributed by atoms with E-state index in [-0.39, 0.29) is 0 Å². The van der Waals surface area contributed by atoms with Crippen LogP contribution in [0, 0.1) is 11.3 Å². The predicted octanol–water partition coefficient (Wildman–Crippen LogP) is 5.08. The molecule has 0 aliphatic carbocycles. The lowest BCUT2D eigenvalue weighted by molar-refractivity contribution is -0.137. The van der Waals surface area contributed by atoms with E-state index in [9.17, 15) is 13.2 Å². The molecule has 0 aliphatic rings. The van der Waals surface area contributed by atoms with Crippen molar-refractivity contribution in [2.45, 2.75) is 25.8 Å². The van der Waals surface area contributed by atoms with Crippen molar-refractivity contribution in [1.82, 2.24) is 9.47 Å². The predicted molar refractivity (Wildman–Crippen MR) is 112 cm³/mol. The third-order valence-electron chi connectivity index (χ3n) is 4.99. The number of ether oxygens (including phenoxy) is 1. The summed E-state index contributed by atoms with van der Waals surface area (Å²) >= 11 is 0. The number of methoxy groups -OCH3 is 1. The van der Waals surface area contributed by atoms with Gasteiger partial charge in [-0.1, -0.05) is 24.3 Å². The van der Waals surface area contributed by atoms with Crippen LogP contribution in [0.3, 0.4) is 0 Å². The van der Waals surface area contributed by atoms with Gasteiger partial charge in [0.25, 0.3) is 0 Å². The zero-order valence-electron chi connectivity index (χ0n) is 17.3. The minimum Gasteiger partial charge on any atom is -0.383 e. The molecule has 7 heteroatoms. The number of nitriles is 1. The van der Waals surface area contributed by atoms with Gasteiger partial charge < -0.3 is 9.30 Å². The highest BCUT2D eigenvalue weighted by atomic mass is 19.4. The summed E-state index contributed by atoms with van der Waals surface area (Å²) in [4.78, 5) is 2.19. The van der Waals surface area contributed by atoms with Crippen LogP contribution in [-0.4, -0.2) is 29.7 Å². The molecule has 1 aromatic heterocycles. The second kappa shape index (κ2) is 10.3. The lowest BCUT2D eigenvalue weighted by atomic mass is 10.1. The van der Waals surface area contributed by atoms with Crippen LogP contribution < -0.4 is 0 Å². The average molecular weight is 427 g/mol. The number of rotatable bonds is 9. The molecule has 0 saturated carbocycles. The number of benzene rings is 2. The summed E-state index contributed by atoms with van der Waals surface area (Å²) in [7, 11) is 1.64. The fourth-order valence-corrected chi connectivity index (χ4v) is 3.45. The average Bonchev–Trinajstić information content (AvgIpc) is 3.18. The van der Waals surface area contributed by atoms with E-state index in [2.05, 4.69) is 11.0 Å². The van der Waals surface area contributed by atoms with Crippen LogP contribution in [0.1, 0.15) is 27.9 Å². The third-order valence-corrected chi connectivity index (χ3v) is 4.99. The number of alkyl halides is 3. The number of aromatic nitrogens is 1. The molecule has 3 rings (SSSR count). The first-order chi connectivity index (χ1) is 14.9. The minimum absolute atomic E-state index is 0.355. The lowest BCUT2D eigenvalue weighted by Crippen LogP contribution is -2.27. The Morgan fingerprint density at radius 2 is 1.77 bits per heavy atom. The van der Waals surface area contributed by atoms with Gasteiger partial charge in [-0.3, -0.25) is 4.90 Å². The quantitative estimate of drug-likeness (QED) is 0.479. The molecule has 0 unspecified atom stereocenters. The molecule has 0 spiro atoms. The number of hydrogen-bond acceptors (Lipinski definition) is 3. The highest BCUT2D eigenvalue weighted by Crippen LogP contribution is 2.29. The smallest absolute Gasteiger partial charge is 0.383 e. The Kier molecular flexibility index (Phi) is 7.50. The van der Waals surface area contributed by atoms with Crippen LogP contribution in [0.15, 0.2) is 66.9 Å². The van der Waals surface area contributed by atoms with Crippen LogP contribution in [0.2, 0.25) is 0 Å². The van der Waals surface area contributed by atoms with Crippen LogP contribution in [0.5, 0.6) is 0 Å². The Morgan fingerprint density at radius 1 is 1.00 bits per heavy atom. The van der Waals surface area contributed by atoms with Crippen LogP contribution in [0.4, 0.5) is 13.2 Å². The molecule has 2 aromatic carbocycles. The van der Waals surface area contributed by atoms with Gasteiger partial charge >= 0.3 is 6.18 Å². The van der Waals surface area contributed by atoms with Crippen molar-refractivity contribution in [3.05, 3.63) is 94.8 Å². The SMILES string of the molecule is COCCN(Cc1cccc(C#N)c1)Cc1cccn1Cc1cccc(C(F)(F)F)c1. The lowest BCUT2D eigenvalue weighted by Gasteiger charge is -2.23. The molecular weight excluding hydrogens is 403 g/mol. The molecule has 0 radical (unpaired) electrons. The van der Waals surface area contributed by atoms with Crippen molar-refractivity contribution in [2.24, 2.45) is 0 Å². The first-order valence-electron chi connectivity index (χ1n) is 9.89.